The molecule has 1 N–H and O–H groups in total. The number of fused-ring (bicyclic) bond motifs is 1. The quantitative estimate of drug-likeness (QED) is 0.865. The third-order valence-electron chi connectivity index (χ3n) is 4.05. The van der Waals surface area contributed by atoms with E-state index in [-0.39, 0.29) is 5.91 Å². The molecule has 0 aromatic heterocycles. The molecule has 2 heterocycles. The monoisotopic (exact) mass is 298 g/mol. The maximum atomic E-state index is 12.5. The average Bonchev–Trinajstić information content (AvgIpc) is 2.85. The van der Waals surface area contributed by atoms with Gasteiger partial charge in [-0.3, -0.25) is 4.79 Å². The van der Waals surface area contributed by atoms with E-state index in [1.54, 1.807) is 18.2 Å². The summed E-state index contributed by atoms with van der Waals surface area (Å²) in [6, 6.07) is 5.53. The van der Waals surface area contributed by atoms with Crippen LogP contribution in [0.25, 0.3) is 0 Å². The fraction of sp³-hybridized carbons (Fsp3) is 0.500. The molecule has 1 amide bonds. The summed E-state index contributed by atoms with van der Waals surface area (Å²) < 4.78 is 0. The van der Waals surface area contributed by atoms with E-state index in [9.17, 15) is 4.79 Å². The van der Waals surface area contributed by atoms with Crippen molar-refractivity contribution in [3.8, 4) is 0 Å². The van der Waals surface area contributed by atoms with Crippen molar-refractivity contribution >= 4 is 29.1 Å². The fourth-order valence-corrected chi connectivity index (χ4v) is 3.32. The topological polar surface area (TPSA) is 32.3 Å². The zero-order valence-corrected chi connectivity index (χ0v) is 12.0. The largest absolute Gasteiger partial charge is 0.337 e. The number of nitrogens with one attached hydrogen (secondary N) is 1. The lowest BCUT2D eigenvalue weighted by Gasteiger charge is -2.24. The van der Waals surface area contributed by atoms with Gasteiger partial charge in [0.25, 0.3) is 5.91 Å². The van der Waals surface area contributed by atoms with E-state index in [1.165, 1.54) is 12.8 Å². The summed E-state index contributed by atoms with van der Waals surface area (Å²) >= 11 is 11.8. The molecule has 2 aliphatic rings. The molecular formula is C14H16Cl2N2O. The van der Waals surface area contributed by atoms with Gasteiger partial charge in [0.05, 0.1) is 10.0 Å². The van der Waals surface area contributed by atoms with E-state index in [1.807, 2.05) is 4.90 Å². The first-order valence-corrected chi connectivity index (χ1v) is 7.38. The van der Waals surface area contributed by atoms with Crippen LogP contribution >= 0.6 is 23.2 Å². The van der Waals surface area contributed by atoms with Gasteiger partial charge >= 0.3 is 0 Å². The molecule has 102 valence electrons. The molecule has 1 aromatic rings. The molecule has 2 atom stereocenters. The Morgan fingerprint density at radius 3 is 2.84 bits per heavy atom. The Balaban J connectivity index is 1.75. The van der Waals surface area contributed by atoms with Gasteiger partial charge in [-0.05, 0) is 43.5 Å². The van der Waals surface area contributed by atoms with Crippen molar-refractivity contribution in [3.05, 3.63) is 33.8 Å². The van der Waals surface area contributed by atoms with Gasteiger partial charge in [0.15, 0.2) is 0 Å². The van der Waals surface area contributed by atoms with E-state index < -0.39 is 0 Å². The number of amides is 1. The van der Waals surface area contributed by atoms with Crippen molar-refractivity contribution in [1.29, 1.82) is 0 Å². The predicted octanol–water partition coefficient (Wildman–Crippen LogP) is 2.82. The summed E-state index contributed by atoms with van der Waals surface area (Å²) in [7, 11) is 0. The second-order valence-electron chi connectivity index (χ2n) is 5.30. The van der Waals surface area contributed by atoms with E-state index in [2.05, 4.69) is 5.32 Å². The van der Waals surface area contributed by atoms with Crippen molar-refractivity contribution in [3.63, 3.8) is 0 Å². The molecular weight excluding hydrogens is 283 g/mol. The highest BCUT2D eigenvalue weighted by molar-refractivity contribution is 6.42. The van der Waals surface area contributed by atoms with Crippen LogP contribution in [0.3, 0.4) is 0 Å². The minimum absolute atomic E-state index is 0.0507. The molecule has 1 aromatic carbocycles. The summed E-state index contributed by atoms with van der Waals surface area (Å²) in [6.45, 7) is 2.70. The summed E-state index contributed by atoms with van der Waals surface area (Å²) in [5.74, 6) is 0.648. The van der Waals surface area contributed by atoms with Crippen molar-refractivity contribution in [2.24, 2.45) is 5.92 Å². The highest BCUT2D eigenvalue weighted by Crippen LogP contribution is 2.28. The van der Waals surface area contributed by atoms with Gasteiger partial charge in [0.1, 0.15) is 0 Å². The third-order valence-corrected chi connectivity index (χ3v) is 4.79. The van der Waals surface area contributed by atoms with Crippen LogP contribution in [0, 0.1) is 5.92 Å². The molecule has 0 bridgehead atoms. The van der Waals surface area contributed by atoms with Gasteiger partial charge in [-0.1, -0.05) is 23.2 Å². The van der Waals surface area contributed by atoms with Crippen LogP contribution in [0.15, 0.2) is 18.2 Å². The van der Waals surface area contributed by atoms with Gasteiger partial charge in [0, 0.05) is 24.7 Å². The molecule has 3 rings (SSSR count). The van der Waals surface area contributed by atoms with Crippen LogP contribution in [0.1, 0.15) is 23.2 Å². The second kappa shape index (κ2) is 5.31. The summed E-state index contributed by atoms with van der Waals surface area (Å²) in [4.78, 5) is 14.4. The first-order valence-electron chi connectivity index (χ1n) is 6.63. The number of likely N-dealkylation sites (tertiary alicyclic amines) is 1. The Kier molecular flexibility index (Phi) is 3.70. The zero-order chi connectivity index (χ0) is 13.4. The van der Waals surface area contributed by atoms with Crippen molar-refractivity contribution < 1.29 is 4.79 Å². The van der Waals surface area contributed by atoms with Crippen LogP contribution in [0.2, 0.25) is 10.0 Å². The molecule has 2 unspecified atom stereocenters. The Morgan fingerprint density at radius 2 is 2.11 bits per heavy atom. The van der Waals surface area contributed by atoms with Gasteiger partial charge < -0.3 is 10.2 Å². The molecule has 2 fully saturated rings. The number of nitrogens with zero attached hydrogens (tertiary/aromatic N) is 1. The van der Waals surface area contributed by atoms with Gasteiger partial charge in [0.2, 0.25) is 0 Å². The Labute approximate surface area is 122 Å². The number of hydrogen-bond acceptors (Lipinski definition) is 2. The maximum absolute atomic E-state index is 12.5. The maximum Gasteiger partial charge on any atom is 0.253 e. The van der Waals surface area contributed by atoms with Crippen LogP contribution in [0.5, 0.6) is 0 Å². The van der Waals surface area contributed by atoms with Crippen LogP contribution in [0.4, 0.5) is 0 Å². The Hall–Kier alpha value is -0.770. The normalized spacial score (nSPS) is 26.3. The van der Waals surface area contributed by atoms with Crippen molar-refractivity contribution in [2.45, 2.75) is 18.9 Å². The fourth-order valence-electron chi connectivity index (χ4n) is 3.02. The van der Waals surface area contributed by atoms with Crippen LogP contribution in [-0.2, 0) is 0 Å². The number of benzene rings is 1. The highest BCUT2D eigenvalue weighted by atomic mass is 35.5. The standard InChI is InChI=1S/C14H16Cl2N2O/c15-11-4-3-9(6-12(11)16)14(19)18-7-10-2-1-5-17-13(10)8-18/h3-4,6,10,13,17H,1-2,5,7-8H2. The molecule has 3 nitrogen and oxygen atoms in total. The molecule has 19 heavy (non-hydrogen) atoms. The molecule has 2 saturated heterocycles. The molecule has 0 saturated carbocycles. The highest BCUT2D eigenvalue weighted by Gasteiger charge is 2.36. The molecule has 0 spiro atoms. The third kappa shape index (κ3) is 2.60. The van der Waals surface area contributed by atoms with E-state index in [0.29, 0.717) is 27.6 Å². The first-order chi connectivity index (χ1) is 9.15. The molecule has 0 aliphatic carbocycles. The summed E-state index contributed by atoms with van der Waals surface area (Å²) in [5.41, 5.74) is 0.619. The minimum atomic E-state index is 0.0507. The lowest BCUT2D eigenvalue weighted by Crippen LogP contribution is -2.41. The number of rotatable bonds is 1. The van der Waals surface area contributed by atoms with E-state index >= 15 is 0 Å². The van der Waals surface area contributed by atoms with Crippen LogP contribution < -0.4 is 5.32 Å². The Morgan fingerprint density at radius 1 is 1.26 bits per heavy atom. The van der Waals surface area contributed by atoms with Gasteiger partial charge in [-0.25, -0.2) is 0 Å². The van der Waals surface area contributed by atoms with E-state index in [4.69, 9.17) is 23.2 Å². The lowest BCUT2D eigenvalue weighted by molar-refractivity contribution is 0.0785. The summed E-state index contributed by atoms with van der Waals surface area (Å²) in [6.07, 6.45) is 2.42. The van der Waals surface area contributed by atoms with Gasteiger partial charge in [-0.15, -0.1) is 0 Å². The molecule has 0 radical (unpaired) electrons. The summed E-state index contributed by atoms with van der Waals surface area (Å²) in [5, 5.41) is 4.41. The molecule has 5 heteroatoms. The zero-order valence-electron chi connectivity index (χ0n) is 10.5. The number of hydrogen-bond donors (Lipinski definition) is 1. The van der Waals surface area contributed by atoms with E-state index in [0.717, 1.165) is 19.6 Å². The van der Waals surface area contributed by atoms with Crippen molar-refractivity contribution in [1.82, 2.24) is 10.2 Å². The molecule has 2 aliphatic heterocycles. The first kappa shape index (κ1) is 13.2. The number of halogens is 2. The lowest BCUT2D eigenvalue weighted by atomic mass is 9.94. The number of carbonyl (C=O) groups excluding carboxylic acids is 1. The minimum Gasteiger partial charge on any atom is -0.337 e. The SMILES string of the molecule is O=C(c1ccc(Cl)c(Cl)c1)N1CC2CCCNC2C1. The number of carbonyl (C=O) groups is 1. The second-order valence-corrected chi connectivity index (χ2v) is 6.12. The van der Waals surface area contributed by atoms with Crippen LogP contribution in [-0.4, -0.2) is 36.5 Å². The Bertz CT molecular complexity index is 492. The smallest absolute Gasteiger partial charge is 0.253 e. The van der Waals surface area contributed by atoms with Gasteiger partial charge in [-0.2, -0.15) is 0 Å². The average molecular weight is 299 g/mol. The predicted molar refractivity (Wildman–Crippen MR) is 76.9 cm³/mol. The van der Waals surface area contributed by atoms with Crippen molar-refractivity contribution in [2.75, 3.05) is 19.6 Å². The number of piperidine rings is 1.